The number of anilines is 1. The molecule has 2 amide bonds. The highest BCUT2D eigenvalue weighted by Crippen LogP contribution is 2.13. The molecule has 3 aromatic rings. The van der Waals surface area contributed by atoms with Crippen LogP contribution in [0.1, 0.15) is 51.6 Å². The van der Waals surface area contributed by atoms with Gasteiger partial charge in [-0.1, -0.05) is 61.4 Å². The summed E-state index contributed by atoms with van der Waals surface area (Å²) in [5.74, 6) is -0.483. The summed E-state index contributed by atoms with van der Waals surface area (Å²) in [4.78, 5) is 24.8. The van der Waals surface area contributed by atoms with Gasteiger partial charge in [-0.15, -0.1) is 0 Å². The molecule has 0 fully saturated rings. The van der Waals surface area contributed by atoms with Gasteiger partial charge in [0, 0.05) is 16.8 Å². The molecule has 0 spiro atoms. The van der Waals surface area contributed by atoms with Crippen molar-refractivity contribution >= 4 is 23.2 Å². The van der Waals surface area contributed by atoms with E-state index in [2.05, 4.69) is 22.8 Å². The second kappa shape index (κ2) is 10.2. The minimum absolute atomic E-state index is 0.187. The van der Waals surface area contributed by atoms with Crippen LogP contribution in [-0.2, 0) is 0 Å². The number of amides is 2. The zero-order valence-corrected chi connectivity index (χ0v) is 17.2. The molecule has 0 aliphatic carbocycles. The second-order valence-corrected chi connectivity index (χ2v) is 7.02. The van der Waals surface area contributed by atoms with E-state index in [0.29, 0.717) is 16.8 Å². The van der Waals surface area contributed by atoms with Crippen molar-refractivity contribution in [2.75, 3.05) is 5.32 Å². The van der Waals surface area contributed by atoms with Crippen LogP contribution in [-0.4, -0.2) is 17.5 Å². The topological polar surface area (TPSA) is 70.6 Å². The molecule has 5 heteroatoms. The lowest BCUT2D eigenvalue weighted by atomic mass is 10.1. The fourth-order valence-electron chi connectivity index (χ4n) is 3.01. The van der Waals surface area contributed by atoms with Crippen molar-refractivity contribution in [1.29, 1.82) is 0 Å². The van der Waals surface area contributed by atoms with Crippen LogP contribution < -0.4 is 10.7 Å². The lowest BCUT2D eigenvalue weighted by Gasteiger charge is -2.08. The number of hydrazone groups is 1. The molecule has 152 valence electrons. The van der Waals surface area contributed by atoms with Gasteiger partial charge in [-0.05, 0) is 55.3 Å². The minimum atomic E-state index is -0.295. The smallest absolute Gasteiger partial charge is 0.271 e. The Kier molecular flexibility index (Phi) is 7.11. The summed E-state index contributed by atoms with van der Waals surface area (Å²) in [7, 11) is 0. The van der Waals surface area contributed by atoms with Crippen molar-refractivity contribution in [1.82, 2.24) is 5.43 Å². The molecule has 0 saturated carbocycles. The molecule has 0 radical (unpaired) electrons. The Morgan fingerprint density at radius 3 is 2.17 bits per heavy atom. The Labute approximate surface area is 176 Å². The Bertz CT molecular complexity index is 1040. The third kappa shape index (κ3) is 5.64. The Hall–Kier alpha value is -3.73. The molecule has 30 heavy (non-hydrogen) atoms. The second-order valence-electron chi connectivity index (χ2n) is 7.02. The summed E-state index contributed by atoms with van der Waals surface area (Å²) in [6.45, 7) is 4.01. The summed E-state index contributed by atoms with van der Waals surface area (Å²) in [5, 5.41) is 7.17. The molecule has 0 bridgehead atoms. The van der Waals surface area contributed by atoms with Crippen molar-refractivity contribution in [3.05, 3.63) is 101 Å². The monoisotopic (exact) mass is 399 g/mol. The average Bonchev–Trinajstić information content (AvgIpc) is 2.77. The quantitative estimate of drug-likeness (QED) is 0.424. The number of hydrogen-bond acceptors (Lipinski definition) is 3. The number of carbonyl (C=O) groups excluding carboxylic acids is 2. The van der Waals surface area contributed by atoms with Gasteiger partial charge in [0.1, 0.15) is 0 Å². The van der Waals surface area contributed by atoms with E-state index in [1.165, 1.54) is 0 Å². The number of nitrogens with zero attached hydrogens (tertiary/aromatic N) is 1. The predicted molar refractivity (Wildman–Crippen MR) is 121 cm³/mol. The van der Waals surface area contributed by atoms with Gasteiger partial charge in [0.05, 0.1) is 5.71 Å². The fraction of sp³-hybridized carbons (Fsp3) is 0.160. The van der Waals surface area contributed by atoms with Crippen molar-refractivity contribution in [2.45, 2.75) is 26.7 Å². The number of benzene rings is 3. The lowest BCUT2D eigenvalue weighted by Crippen LogP contribution is -2.20. The largest absolute Gasteiger partial charge is 0.322 e. The summed E-state index contributed by atoms with van der Waals surface area (Å²) in [6, 6.07) is 23.9. The van der Waals surface area contributed by atoms with Crippen molar-refractivity contribution < 1.29 is 9.59 Å². The number of rotatable bonds is 7. The molecule has 3 rings (SSSR count). The maximum atomic E-state index is 12.5. The normalized spacial score (nSPS) is 11.1. The van der Waals surface area contributed by atoms with Crippen LogP contribution in [0.3, 0.4) is 0 Å². The first-order chi connectivity index (χ1) is 14.6. The molecule has 5 nitrogen and oxygen atoms in total. The van der Waals surface area contributed by atoms with Crippen molar-refractivity contribution in [2.24, 2.45) is 5.10 Å². The van der Waals surface area contributed by atoms with Crippen LogP contribution in [0.4, 0.5) is 5.69 Å². The summed E-state index contributed by atoms with van der Waals surface area (Å²) in [5.41, 5.74) is 7.18. The highest BCUT2D eigenvalue weighted by Gasteiger charge is 2.09. The fourth-order valence-corrected chi connectivity index (χ4v) is 3.01. The maximum absolute atomic E-state index is 12.5. The first kappa shape index (κ1) is 21.0. The molecule has 0 unspecified atom stereocenters. The summed E-state index contributed by atoms with van der Waals surface area (Å²) < 4.78 is 0. The minimum Gasteiger partial charge on any atom is -0.322 e. The SMILES string of the molecule is CCC/C(=N\NC(=O)c1ccc(NC(=O)c2cccc(C)c2)cc1)c1ccccc1. The highest BCUT2D eigenvalue weighted by atomic mass is 16.2. The van der Waals surface area contributed by atoms with E-state index in [4.69, 9.17) is 0 Å². The van der Waals surface area contributed by atoms with Crippen LogP contribution in [0, 0.1) is 6.92 Å². The van der Waals surface area contributed by atoms with E-state index < -0.39 is 0 Å². The van der Waals surface area contributed by atoms with E-state index >= 15 is 0 Å². The molecular weight excluding hydrogens is 374 g/mol. The van der Waals surface area contributed by atoms with Crippen LogP contribution in [0.15, 0.2) is 84.0 Å². The van der Waals surface area contributed by atoms with Gasteiger partial charge in [-0.25, -0.2) is 5.43 Å². The van der Waals surface area contributed by atoms with Crippen LogP contribution in [0.25, 0.3) is 0 Å². The first-order valence-electron chi connectivity index (χ1n) is 9.97. The van der Waals surface area contributed by atoms with Crippen LogP contribution in [0.5, 0.6) is 0 Å². The molecule has 0 aliphatic rings. The predicted octanol–water partition coefficient (Wildman–Crippen LogP) is 5.18. The van der Waals surface area contributed by atoms with Crippen LogP contribution >= 0.6 is 0 Å². The van der Waals surface area contributed by atoms with Gasteiger partial charge in [-0.2, -0.15) is 5.10 Å². The van der Waals surface area contributed by atoms with E-state index in [1.54, 1.807) is 30.3 Å². The Morgan fingerprint density at radius 1 is 0.800 bits per heavy atom. The Morgan fingerprint density at radius 2 is 1.50 bits per heavy atom. The molecule has 3 aromatic carbocycles. The van der Waals surface area contributed by atoms with Crippen molar-refractivity contribution in [3.8, 4) is 0 Å². The highest BCUT2D eigenvalue weighted by molar-refractivity contribution is 6.05. The van der Waals surface area contributed by atoms with Gasteiger partial charge in [0.2, 0.25) is 0 Å². The van der Waals surface area contributed by atoms with Gasteiger partial charge >= 0.3 is 0 Å². The van der Waals surface area contributed by atoms with Gasteiger partial charge in [-0.3, -0.25) is 9.59 Å². The third-order valence-electron chi connectivity index (χ3n) is 4.57. The standard InChI is InChI=1S/C25H25N3O2/c1-3-8-23(19-10-5-4-6-11-19)27-28-25(30)20-13-15-22(16-14-20)26-24(29)21-12-7-9-18(2)17-21/h4-7,9-17H,3,8H2,1-2H3,(H,26,29)(H,28,30)/b27-23+. The number of nitrogens with one attached hydrogen (secondary N) is 2. The molecule has 0 saturated heterocycles. The average molecular weight is 399 g/mol. The van der Waals surface area contributed by atoms with Crippen molar-refractivity contribution in [3.63, 3.8) is 0 Å². The van der Waals surface area contributed by atoms with E-state index in [0.717, 1.165) is 29.7 Å². The number of hydrogen-bond donors (Lipinski definition) is 2. The molecule has 2 N–H and O–H groups in total. The van der Waals surface area contributed by atoms with Crippen LogP contribution in [0.2, 0.25) is 0 Å². The zero-order valence-electron chi connectivity index (χ0n) is 17.2. The maximum Gasteiger partial charge on any atom is 0.271 e. The van der Waals surface area contributed by atoms with Gasteiger partial charge in [0.15, 0.2) is 0 Å². The summed E-state index contributed by atoms with van der Waals surface area (Å²) >= 11 is 0. The molecule has 0 aromatic heterocycles. The van der Waals surface area contributed by atoms with E-state index in [9.17, 15) is 9.59 Å². The molecular formula is C25H25N3O2. The zero-order chi connectivity index (χ0) is 21.3. The molecule has 0 heterocycles. The Balaban J connectivity index is 1.65. The van der Waals surface area contributed by atoms with E-state index in [-0.39, 0.29) is 11.8 Å². The van der Waals surface area contributed by atoms with Gasteiger partial charge in [0.25, 0.3) is 11.8 Å². The number of aryl methyl sites for hydroxylation is 1. The molecule has 0 atom stereocenters. The molecule has 0 aliphatic heterocycles. The lowest BCUT2D eigenvalue weighted by molar-refractivity contribution is 0.0954. The first-order valence-corrected chi connectivity index (χ1v) is 9.97. The van der Waals surface area contributed by atoms with Gasteiger partial charge < -0.3 is 5.32 Å². The van der Waals surface area contributed by atoms with E-state index in [1.807, 2.05) is 55.5 Å². The number of carbonyl (C=O) groups is 2. The summed E-state index contributed by atoms with van der Waals surface area (Å²) in [6.07, 6.45) is 1.70. The third-order valence-corrected chi connectivity index (χ3v) is 4.57.